The van der Waals surface area contributed by atoms with Gasteiger partial charge in [-0.1, -0.05) is 63.2 Å². The third-order valence-corrected chi connectivity index (χ3v) is 6.87. The van der Waals surface area contributed by atoms with Crippen LogP contribution in [0.1, 0.15) is 50.2 Å². The first-order valence-corrected chi connectivity index (χ1v) is 12.9. The van der Waals surface area contributed by atoms with Crippen molar-refractivity contribution >= 4 is 5.91 Å². The van der Waals surface area contributed by atoms with Crippen molar-refractivity contribution in [3.63, 3.8) is 0 Å². The summed E-state index contributed by atoms with van der Waals surface area (Å²) in [5.74, 6) is 1.19. The van der Waals surface area contributed by atoms with E-state index in [2.05, 4.69) is 55.1 Å². The third-order valence-electron chi connectivity index (χ3n) is 6.87. The van der Waals surface area contributed by atoms with Gasteiger partial charge in [-0.25, -0.2) is 4.98 Å². The average Bonchev–Trinajstić information content (AvgIpc) is 3.54. The molecule has 0 bridgehead atoms. The topological polar surface area (TPSA) is 83.2 Å². The van der Waals surface area contributed by atoms with Gasteiger partial charge in [0.05, 0.1) is 23.4 Å². The lowest BCUT2D eigenvalue weighted by Crippen LogP contribution is -2.46. The van der Waals surface area contributed by atoms with Crippen LogP contribution in [-0.2, 0) is 16.1 Å². The first-order chi connectivity index (χ1) is 17.8. The number of ether oxygens (including phenoxy) is 1. The Morgan fingerprint density at radius 2 is 2.03 bits per heavy atom. The minimum absolute atomic E-state index is 0.0309. The Morgan fingerprint density at radius 1 is 1.24 bits per heavy atom. The van der Waals surface area contributed by atoms with Gasteiger partial charge in [0.15, 0.2) is 0 Å². The number of carbonyl (C=O) groups excluding carboxylic acids is 1. The molecule has 0 saturated carbocycles. The van der Waals surface area contributed by atoms with Crippen LogP contribution in [-0.4, -0.2) is 53.7 Å². The van der Waals surface area contributed by atoms with Gasteiger partial charge in [-0.3, -0.25) is 4.79 Å². The van der Waals surface area contributed by atoms with E-state index in [1.807, 2.05) is 47.4 Å². The van der Waals surface area contributed by atoms with E-state index in [-0.39, 0.29) is 24.0 Å². The summed E-state index contributed by atoms with van der Waals surface area (Å²) in [7, 11) is 1.57. The monoisotopic (exact) mass is 499 g/mol. The molecule has 1 N–H and O–H groups in total. The van der Waals surface area contributed by atoms with Gasteiger partial charge in [0.25, 0.3) is 0 Å². The summed E-state index contributed by atoms with van der Waals surface area (Å²) in [6.07, 6.45) is 3.11. The molecule has 194 valence electrons. The van der Waals surface area contributed by atoms with Crippen molar-refractivity contribution in [3.8, 4) is 17.3 Å². The van der Waals surface area contributed by atoms with Crippen molar-refractivity contribution < 1.29 is 9.53 Å². The van der Waals surface area contributed by atoms with E-state index in [1.54, 1.807) is 7.11 Å². The maximum atomic E-state index is 13.5. The van der Waals surface area contributed by atoms with Crippen LogP contribution in [0.2, 0.25) is 0 Å². The van der Waals surface area contributed by atoms with Gasteiger partial charge in [-0.05, 0) is 48.5 Å². The fraction of sp³-hybridized carbons (Fsp3) is 0.433. The van der Waals surface area contributed by atoms with E-state index in [0.717, 1.165) is 42.2 Å². The summed E-state index contributed by atoms with van der Waals surface area (Å²) in [6.45, 7) is 9.59. The second kappa shape index (κ2) is 11.7. The highest BCUT2D eigenvalue weighted by Crippen LogP contribution is 2.40. The van der Waals surface area contributed by atoms with Crippen LogP contribution in [0.15, 0.2) is 60.8 Å². The highest BCUT2D eigenvalue weighted by atomic mass is 16.5. The van der Waals surface area contributed by atoms with E-state index in [1.165, 1.54) is 0 Å². The lowest BCUT2D eigenvalue weighted by molar-refractivity contribution is -0.141. The molecule has 1 aliphatic rings. The van der Waals surface area contributed by atoms with Gasteiger partial charge >= 0.3 is 0 Å². The van der Waals surface area contributed by atoms with Gasteiger partial charge in [0.1, 0.15) is 12.4 Å². The molecule has 3 aromatic rings. The molecule has 1 fully saturated rings. The molecule has 37 heavy (non-hydrogen) atoms. The number of benzene rings is 2. The van der Waals surface area contributed by atoms with Crippen molar-refractivity contribution in [2.24, 2.45) is 11.3 Å². The van der Waals surface area contributed by atoms with Crippen LogP contribution in [0.3, 0.4) is 0 Å². The van der Waals surface area contributed by atoms with Crippen LogP contribution in [0.25, 0.3) is 11.3 Å². The molecule has 7 nitrogen and oxygen atoms in total. The summed E-state index contributed by atoms with van der Waals surface area (Å²) in [6, 6.07) is 19.7. The van der Waals surface area contributed by atoms with E-state index < -0.39 is 0 Å². The number of rotatable bonds is 9. The predicted octanol–water partition coefficient (Wildman–Crippen LogP) is 4.64. The van der Waals surface area contributed by atoms with Crippen molar-refractivity contribution in [1.82, 2.24) is 19.8 Å². The van der Waals surface area contributed by atoms with E-state index in [0.29, 0.717) is 24.6 Å². The third kappa shape index (κ3) is 6.46. The number of imidazole rings is 1. The fourth-order valence-electron chi connectivity index (χ4n) is 5.16. The van der Waals surface area contributed by atoms with E-state index >= 15 is 0 Å². The number of nitrogens with zero attached hydrogens (tertiary/aromatic N) is 4. The fourth-order valence-corrected chi connectivity index (χ4v) is 5.16. The normalized spacial score (nSPS) is 16.4. The van der Waals surface area contributed by atoms with Crippen molar-refractivity contribution in [1.29, 1.82) is 5.26 Å². The Balaban J connectivity index is 1.83. The lowest BCUT2D eigenvalue weighted by Gasteiger charge is -2.41. The molecule has 0 radical (unpaired) electrons. The smallest absolute Gasteiger partial charge is 0.249 e. The van der Waals surface area contributed by atoms with Gasteiger partial charge in [-0.15, -0.1) is 0 Å². The molecule has 1 aliphatic heterocycles. The maximum Gasteiger partial charge on any atom is 0.249 e. The number of hydrogen-bond acceptors (Lipinski definition) is 5. The Bertz CT molecular complexity index is 1230. The maximum absolute atomic E-state index is 13.5. The van der Waals surface area contributed by atoms with E-state index in [4.69, 9.17) is 9.72 Å². The number of amides is 1. The zero-order valence-electron chi connectivity index (χ0n) is 22.3. The molecule has 0 spiro atoms. The molecule has 7 heteroatoms. The molecular weight excluding hydrogens is 462 g/mol. The van der Waals surface area contributed by atoms with Gasteiger partial charge in [0, 0.05) is 32.0 Å². The zero-order valence-corrected chi connectivity index (χ0v) is 22.3. The first-order valence-electron chi connectivity index (χ1n) is 12.9. The standard InChI is InChI=1S/C30H37N5O2/c1-30(2,3)28(35(27(36)21-37-4)19-24-13-14-32-17-24)29-33-26(25-11-6-5-7-12-25)20-34(29)18-23-10-8-9-22(15-23)16-31/h5-12,15,20,24,28,32H,13-14,17-19,21H2,1-4H3/t24-,28+/m1/s1. The van der Waals surface area contributed by atoms with Crippen LogP contribution in [0, 0.1) is 22.7 Å². The summed E-state index contributed by atoms with van der Waals surface area (Å²) in [5, 5.41) is 12.9. The van der Waals surface area contributed by atoms with Crippen molar-refractivity contribution in [2.75, 3.05) is 33.4 Å². The molecule has 2 aromatic carbocycles. The number of nitriles is 1. The van der Waals surface area contributed by atoms with Gasteiger partial charge in [0.2, 0.25) is 5.91 Å². The number of carbonyl (C=O) groups is 1. The van der Waals surface area contributed by atoms with Crippen LogP contribution < -0.4 is 5.32 Å². The lowest BCUT2D eigenvalue weighted by atomic mass is 9.84. The summed E-state index contributed by atoms with van der Waals surface area (Å²) < 4.78 is 7.46. The molecule has 0 aliphatic carbocycles. The summed E-state index contributed by atoms with van der Waals surface area (Å²) in [5.41, 5.74) is 3.24. The quantitative estimate of drug-likeness (QED) is 0.464. The molecule has 1 amide bonds. The SMILES string of the molecule is COCC(=O)N(C[C@@H]1CCNC1)[C@@H](c1nc(-c2ccccc2)cn1Cc1cccc(C#N)c1)C(C)(C)C. The molecule has 0 unspecified atom stereocenters. The number of nitrogens with one attached hydrogen (secondary N) is 1. The van der Waals surface area contributed by atoms with Gasteiger partial charge in [-0.2, -0.15) is 5.26 Å². The van der Waals surface area contributed by atoms with E-state index in [9.17, 15) is 10.1 Å². The number of hydrogen-bond donors (Lipinski definition) is 1. The second-order valence-corrected chi connectivity index (χ2v) is 10.9. The molecular formula is C30H37N5O2. The molecule has 1 saturated heterocycles. The largest absolute Gasteiger partial charge is 0.375 e. The second-order valence-electron chi connectivity index (χ2n) is 10.9. The van der Waals surface area contributed by atoms with Crippen molar-refractivity contribution in [2.45, 2.75) is 39.8 Å². The Morgan fingerprint density at radius 3 is 2.68 bits per heavy atom. The van der Waals surface area contributed by atoms with Crippen LogP contribution >= 0.6 is 0 Å². The first kappa shape index (κ1) is 26.6. The van der Waals surface area contributed by atoms with Gasteiger partial charge < -0.3 is 19.5 Å². The minimum atomic E-state index is -0.291. The summed E-state index contributed by atoms with van der Waals surface area (Å²) in [4.78, 5) is 20.7. The highest BCUT2D eigenvalue weighted by Gasteiger charge is 2.39. The molecule has 2 heterocycles. The molecule has 2 atom stereocenters. The van der Waals surface area contributed by atoms with Crippen LogP contribution in [0.5, 0.6) is 0 Å². The number of methoxy groups -OCH3 is 1. The Labute approximate surface area is 220 Å². The predicted molar refractivity (Wildman–Crippen MR) is 145 cm³/mol. The number of aromatic nitrogens is 2. The molecule has 4 rings (SSSR count). The Hall–Kier alpha value is -3.47. The van der Waals surface area contributed by atoms with Crippen LogP contribution in [0.4, 0.5) is 0 Å². The minimum Gasteiger partial charge on any atom is -0.375 e. The average molecular weight is 500 g/mol. The highest BCUT2D eigenvalue weighted by molar-refractivity contribution is 5.78. The Kier molecular flexibility index (Phi) is 8.42. The molecule has 1 aromatic heterocycles. The zero-order chi connectivity index (χ0) is 26.4. The summed E-state index contributed by atoms with van der Waals surface area (Å²) >= 11 is 0. The van der Waals surface area contributed by atoms with Crippen molar-refractivity contribution in [3.05, 3.63) is 77.7 Å².